The van der Waals surface area contributed by atoms with Crippen molar-refractivity contribution in [3.63, 3.8) is 0 Å². The highest BCUT2D eigenvalue weighted by Crippen LogP contribution is 2.19. The third-order valence-electron chi connectivity index (χ3n) is 3.41. The molecule has 1 aromatic heterocycles. The Labute approximate surface area is 122 Å². The van der Waals surface area contributed by atoms with Crippen molar-refractivity contribution in [3.8, 4) is 0 Å². The number of hydrogen-bond acceptors (Lipinski definition) is 4. The number of rotatable bonds is 5. The largest absolute Gasteiger partial charge is 0.479 e. The molecule has 1 aliphatic rings. The molecule has 1 aromatic rings. The van der Waals surface area contributed by atoms with Gasteiger partial charge in [0.1, 0.15) is 0 Å². The number of ether oxygens (including phenoxy) is 1. The lowest BCUT2D eigenvalue weighted by atomic mass is 10.1. The van der Waals surface area contributed by atoms with Gasteiger partial charge in [-0.3, -0.25) is 4.98 Å². The average Bonchev–Trinajstić information content (AvgIpc) is 2.95. The van der Waals surface area contributed by atoms with E-state index in [1.807, 2.05) is 19.1 Å². The average molecular weight is 293 g/mol. The van der Waals surface area contributed by atoms with Gasteiger partial charge in [0.05, 0.1) is 12.1 Å². The van der Waals surface area contributed by atoms with Crippen molar-refractivity contribution < 1.29 is 19.4 Å². The van der Waals surface area contributed by atoms with E-state index in [9.17, 15) is 9.59 Å². The minimum Gasteiger partial charge on any atom is -0.479 e. The quantitative estimate of drug-likeness (QED) is 0.754. The summed E-state index contributed by atoms with van der Waals surface area (Å²) in [6, 6.07) is 3.22. The Balaban J connectivity index is 1.72. The summed E-state index contributed by atoms with van der Waals surface area (Å²) in [5.74, 6) is -0.952. The number of urea groups is 1. The number of amides is 2. The molecule has 7 nitrogen and oxygen atoms in total. The molecule has 0 saturated carbocycles. The molecule has 2 rings (SSSR count). The van der Waals surface area contributed by atoms with Gasteiger partial charge in [0.2, 0.25) is 0 Å². The summed E-state index contributed by atoms with van der Waals surface area (Å²) in [7, 11) is 0. The van der Waals surface area contributed by atoms with E-state index in [1.54, 1.807) is 12.4 Å². The van der Waals surface area contributed by atoms with Gasteiger partial charge >= 0.3 is 12.0 Å². The number of nitrogens with one attached hydrogen (secondary N) is 2. The van der Waals surface area contributed by atoms with Crippen LogP contribution in [0.2, 0.25) is 0 Å². The van der Waals surface area contributed by atoms with Gasteiger partial charge in [-0.1, -0.05) is 6.07 Å². The monoisotopic (exact) mass is 293 g/mol. The lowest BCUT2D eigenvalue weighted by Gasteiger charge is -2.16. The molecule has 21 heavy (non-hydrogen) atoms. The Morgan fingerprint density at radius 1 is 1.52 bits per heavy atom. The highest BCUT2D eigenvalue weighted by Gasteiger charge is 2.30. The fourth-order valence-corrected chi connectivity index (χ4v) is 2.21. The fraction of sp³-hybridized carbons (Fsp3) is 0.500. The Kier molecular flexibility index (Phi) is 5.10. The maximum atomic E-state index is 11.8. The Bertz CT molecular complexity index is 494. The van der Waals surface area contributed by atoms with Crippen LogP contribution in [-0.4, -0.2) is 40.8 Å². The van der Waals surface area contributed by atoms with Crippen LogP contribution in [-0.2, 0) is 9.53 Å². The van der Waals surface area contributed by atoms with Gasteiger partial charge in [0, 0.05) is 18.9 Å². The number of carboxylic acid groups (broad SMARTS) is 1. The summed E-state index contributed by atoms with van der Waals surface area (Å²) in [5, 5.41) is 14.3. The Morgan fingerprint density at radius 3 is 2.95 bits per heavy atom. The standard InChI is InChI=1S/C14H19N3O4/c1-9(10-3-2-6-15-7-10)17-14(20)16-8-11-4-5-12(21-11)13(18)19/h2-3,6-7,9,11-12H,4-5,8H2,1H3,(H,18,19)(H2,16,17,20). The summed E-state index contributed by atoms with van der Waals surface area (Å²) < 4.78 is 5.31. The molecule has 114 valence electrons. The van der Waals surface area contributed by atoms with E-state index in [-0.39, 0.29) is 18.2 Å². The van der Waals surface area contributed by atoms with E-state index in [4.69, 9.17) is 9.84 Å². The van der Waals surface area contributed by atoms with Crippen molar-refractivity contribution >= 4 is 12.0 Å². The molecule has 0 aromatic carbocycles. The van der Waals surface area contributed by atoms with Crippen molar-refractivity contribution in [2.45, 2.75) is 38.0 Å². The van der Waals surface area contributed by atoms with Gasteiger partial charge < -0.3 is 20.5 Å². The zero-order chi connectivity index (χ0) is 15.2. The number of carboxylic acids is 1. The van der Waals surface area contributed by atoms with E-state index in [0.717, 1.165) is 5.56 Å². The van der Waals surface area contributed by atoms with E-state index < -0.39 is 12.1 Å². The van der Waals surface area contributed by atoms with Crippen LogP contribution in [0.1, 0.15) is 31.4 Å². The molecule has 0 bridgehead atoms. The SMILES string of the molecule is CC(NC(=O)NCC1CCC(C(=O)O)O1)c1cccnc1. The van der Waals surface area contributed by atoms with Crippen LogP contribution >= 0.6 is 0 Å². The molecule has 1 fully saturated rings. The first-order valence-corrected chi connectivity index (χ1v) is 6.89. The molecule has 0 spiro atoms. The molecule has 7 heteroatoms. The Morgan fingerprint density at radius 2 is 2.33 bits per heavy atom. The number of aliphatic carboxylic acids is 1. The highest BCUT2D eigenvalue weighted by molar-refractivity contribution is 5.74. The fourth-order valence-electron chi connectivity index (χ4n) is 2.21. The van der Waals surface area contributed by atoms with Gasteiger partial charge in [-0.25, -0.2) is 9.59 Å². The normalized spacial score (nSPS) is 22.5. The minimum absolute atomic E-state index is 0.157. The van der Waals surface area contributed by atoms with Gasteiger partial charge in [-0.05, 0) is 31.4 Å². The first-order valence-electron chi connectivity index (χ1n) is 6.89. The second-order valence-electron chi connectivity index (χ2n) is 5.02. The van der Waals surface area contributed by atoms with Crippen molar-refractivity contribution in [3.05, 3.63) is 30.1 Å². The molecule has 2 heterocycles. The highest BCUT2D eigenvalue weighted by atomic mass is 16.5. The van der Waals surface area contributed by atoms with Crippen molar-refractivity contribution in [2.24, 2.45) is 0 Å². The summed E-state index contributed by atoms with van der Waals surface area (Å²) in [6.45, 7) is 2.17. The summed E-state index contributed by atoms with van der Waals surface area (Å²) in [5.41, 5.74) is 0.913. The smallest absolute Gasteiger partial charge is 0.332 e. The molecule has 3 atom stereocenters. The topological polar surface area (TPSA) is 101 Å². The number of hydrogen-bond donors (Lipinski definition) is 3. The van der Waals surface area contributed by atoms with E-state index >= 15 is 0 Å². The zero-order valence-corrected chi connectivity index (χ0v) is 11.8. The summed E-state index contributed by atoms with van der Waals surface area (Å²) in [4.78, 5) is 26.5. The maximum Gasteiger partial charge on any atom is 0.332 e. The first kappa shape index (κ1) is 15.2. The molecular formula is C14H19N3O4. The lowest BCUT2D eigenvalue weighted by molar-refractivity contribution is -0.149. The van der Waals surface area contributed by atoms with E-state index in [0.29, 0.717) is 19.4 Å². The van der Waals surface area contributed by atoms with Gasteiger partial charge in [-0.15, -0.1) is 0 Å². The van der Waals surface area contributed by atoms with E-state index in [2.05, 4.69) is 15.6 Å². The van der Waals surface area contributed by atoms with Crippen LogP contribution in [0.4, 0.5) is 4.79 Å². The lowest BCUT2D eigenvalue weighted by Crippen LogP contribution is -2.41. The Hall–Kier alpha value is -2.15. The molecule has 1 saturated heterocycles. The summed E-state index contributed by atoms with van der Waals surface area (Å²) in [6.07, 6.45) is 3.49. The van der Waals surface area contributed by atoms with Crippen molar-refractivity contribution in [1.82, 2.24) is 15.6 Å². The number of aromatic nitrogens is 1. The predicted molar refractivity (Wildman–Crippen MR) is 74.7 cm³/mol. The number of carbonyl (C=O) groups excluding carboxylic acids is 1. The molecular weight excluding hydrogens is 274 g/mol. The van der Waals surface area contributed by atoms with Crippen LogP contribution in [0.5, 0.6) is 0 Å². The number of nitrogens with zero attached hydrogens (tertiary/aromatic N) is 1. The third kappa shape index (κ3) is 4.42. The number of carbonyl (C=O) groups is 2. The second-order valence-corrected chi connectivity index (χ2v) is 5.02. The van der Waals surface area contributed by atoms with Crippen LogP contribution < -0.4 is 10.6 Å². The van der Waals surface area contributed by atoms with Crippen molar-refractivity contribution in [2.75, 3.05) is 6.54 Å². The van der Waals surface area contributed by atoms with Gasteiger partial charge in [-0.2, -0.15) is 0 Å². The molecule has 0 radical (unpaired) electrons. The van der Waals surface area contributed by atoms with Crippen LogP contribution in [0.3, 0.4) is 0 Å². The first-order chi connectivity index (χ1) is 10.1. The van der Waals surface area contributed by atoms with E-state index in [1.165, 1.54) is 0 Å². The molecule has 3 unspecified atom stereocenters. The predicted octanol–water partition coefficient (Wildman–Crippen LogP) is 1.07. The van der Waals surface area contributed by atoms with Gasteiger partial charge in [0.25, 0.3) is 0 Å². The second kappa shape index (κ2) is 7.03. The zero-order valence-electron chi connectivity index (χ0n) is 11.8. The molecule has 2 amide bonds. The third-order valence-corrected chi connectivity index (χ3v) is 3.41. The van der Waals surface area contributed by atoms with Crippen LogP contribution in [0, 0.1) is 0 Å². The van der Waals surface area contributed by atoms with Gasteiger partial charge in [0.15, 0.2) is 6.10 Å². The van der Waals surface area contributed by atoms with Crippen molar-refractivity contribution in [1.29, 1.82) is 0 Å². The molecule has 0 aliphatic carbocycles. The maximum absolute atomic E-state index is 11.8. The molecule has 1 aliphatic heterocycles. The van der Waals surface area contributed by atoms with Crippen LogP contribution in [0.25, 0.3) is 0 Å². The minimum atomic E-state index is -0.952. The summed E-state index contributed by atoms with van der Waals surface area (Å²) >= 11 is 0. The number of pyridine rings is 1. The molecule has 3 N–H and O–H groups in total. The van der Waals surface area contributed by atoms with Crippen LogP contribution in [0.15, 0.2) is 24.5 Å².